The molecule has 0 atom stereocenters. The van der Waals surface area contributed by atoms with Crippen LogP contribution in [0, 0.1) is 0 Å². The van der Waals surface area contributed by atoms with Crippen molar-refractivity contribution < 1.29 is 14.3 Å². The van der Waals surface area contributed by atoms with Gasteiger partial charge in [0.2, 0.25) is 11.8 Å². The fraction of sp³-hybridized carbons (Fsp3) is 0.333. The summed E-state index contributed by atoms with van der Waals surface area (Å²) in [4.78, 5) is 11.4. The highest BCUT2D eigenvalue weighted by Crippen LogP contribution is 2.21. The summed E-state index contributed by atoms with van der Waals surface area (Å²) in [5.41, 5.74) is 1.49. The van der Waals surface area contributed by atoms with Gasteiger partial charge in [-0.2, -0.15) is 4.52 Å². The maximum absolute atomic E-state index is 11.4. The van der Waals surface area contributed by atoms with E-state index in [9.17, 15) is 4.79 Å². The van der Waals surface area contributed by atoms with Crippen molar-refractivity contribution in [2.45, 2.75) is 19.8 Å². The first-order chi connectivity index (χ1) is 12.7. The lowest BCUT2D eigenvalue weighted by atomic mass is 10.2. The second-order valence-electron chi connectivity index (χ2n) is 5.64. The summed E-state index contributed by atoms with van der Waals surface area (Å²) in [5.74, 6) is 1.85. The third-order valence-corrected chi connectivity index (χ3v) is 3.74. The summed E-state index contributed by atoms with van der Waals surface area (Å²) in [6.45, 7) is 2.74. The van der Waals surface area contributed by atoms with Crippen LogP contribution in [0.15, 0.2) is 36.4 Å². The highest BCUT2D eigenvalue weighted by molar-refractivity contribution is 5.75. The molecule has 0 fully saturated rings. The molecule has 0 saturated heterocycles. The number of benzene rings is 1. The Morgan fingerprint density at radius 2 is 1.96 bits per heavy atom. The van der Waals surface area contributed by atoms with Crippen molar-refractivity contribution in [2.24, 2.45) is 0 Å². The standard InChI is InChI=1S/C18H21N5O3/c1-3-4-16(24)19-11-12-26-17-10-9-15-20-21-18(23(15)22-17)13-5-7-14(25-2)8-6-13/h5-10H,3-4,11-12H2,1-2H3,(H,19,24). The Hall–Kier alpha value is -3.16. The molecule has 0 spiro atoms. The second kappa shape index (κ2) is 8.28. The number of amides is 1. The number of hydrogen-bond donors (Lipinski definition) is 1. The van der Waals surface area contributed by atoms with E-state index < -0.39 is 0 Å². The van der Waals surface area contributed by atoms with Crippen LogP contribution < -0.4 is 14.8 Å². The molecule has 136 valence electrons. The molecule has 26 heavy (non-hydrogen) atoms. The smallest absolute Gasteiger partial charge is 0.231 e. The topological polar surface area (TPSA) is 90.6 Å². The first-order valence-corrected chi connectivity index (χ1v) is 8.47. The van der Waals surface area contributed by atoms with Gasteiger partial charge in [-0.25, -0.2) is 0 Å². The number of carbonyl (C=O) groups is 1. The van der Waals surface area contributed by atoms with Crippen molar-refractivity contribution in [3.8, 4) is 23.0 Å². The predicted molar refractivity (Wildman–Crippen MR) is 96.2 cm³/mol. The van der Waals surface area contributed by atoms with Crippen LogP contribution in [0.4, 0.5) is 0 Å². The second-order valence-corrected chi connectivity index (χ2v) is 5.64. The van der Waals surface area contributed by atoms with Gasteiger partial charge in [-0.3, -0.25) is 4.79 Å². The van der Waals surface area contributed by atoms with Gasteiger partial charge in [-0.05, 0) is 36.8 Å². The van der Waals surface area contributed by atoms with Gasteiger partial charge in [0.15, 0.2) is 11.5 Å². The molecule has 3 rings (SSSR count). The summed E-state index contributed by atoms with van der Waals surface area (Å²) in [6, 6.07) is 11.0. The molecule has 0 saturated carbocycles. The lowest BCUT2D eigenvalue weighted by molar-refractivity contribution is -0.121. The summed E-state index contributed by atoms with van der Waals surface area (Å²) in [5, 5.41) is 15.6. The Morgan fingerprint density at radius 1 is 1.15 bits per heavy atom. The average molecular weight is 355 g/mol. The third kappa shape index (κ3) is 4.08. The van der Waals surface area contributed by atoms with Gasteiger partial charge in [0, 0.05) is 18.1 Å². The van der Waals surface area contributed by atoms with E-state index in [0.717, 1.165) is 17.7 Å². The summed E-state index contributed by atoms with van der Waals surface area (Å²) >= 11 is 0. The van der Waals surface area contributed by atoms with E-state index in [1.54, 1.807) is 23.8 Å². The Labute approximate surface area is 151 Å². The largest absolute Gasteiger partial charge is 0.497 e. The molecule has 8 nitrogen and oxygen atoms in total. The van der Waals surface area contributed by atoms with E-state index in [1.807, 2.05) is 31.2 Å². The van der Waals surface area contributed by atoms with Crippen LogP contribution in [0.3, 0.4) is 0 Å². The van der Waals surface area contributed by atoms with E-state index in [4.69, 9.17) is 9.47 Å². The molecule has 0 aliphatic heterocycles. The van der Waals surface area contributed by atoms with E-state index in [2.05, 4.69) is 20.6 Å². The van der Waals surface area contributed by atoms with Gasteiger partial charge in [-0.1, -0.05) is 6.92 Å². The summed E-state index contributed by atoms with van der Waals surface area (Å²) in [6.07, 6.45) is 1.35. The Kier molecular flexibility index (Phi) is 5.62. The Balaban J connectivity index is 1.70. The van der Waals surface area contributed by atoms with Crippen LogP contribution in [0.25, 0.3) is 17.0 Å². The zero-order valence-corrected chi connectivity index (χ0v) is 14.8. The predicted octanol–water partition coefficient (Wildman–Crippen LogP) is 2.09. The van der Waals surface area contributed by atoms with Gasteiger partial charge in [0.25, 0.3) is 0 Å². The molecule has 1 N–H and O–H groups in total. The highest BCUT2D eigenvalue weighted by Gasteiger charge is 2.10. The number of fused-ring (bicyclic) bond motifs is 1. The minimum atomic E-state index is 0.0279. The van der Waals surface area contributed by atoms with Crippen molar-refractivity contribution in [3.05, 3.63) is 36.4 Å². The molecule has 8 heteroatoms. The fourth-order valence-corrected chi connectivity index (χ4v) is 2.43. The van der Waals surface area contributed by atoms with E-state index in [-0.39, 0.29) is 5.91 Å². The molecule has 0 bridgehead atoms. The zero-order chi connectivity index (χ0) is 18.4. The van der Waals surface area contributed by atoms with E-state index >= 15 is 0 Å². The van der Waals surface area contributed by atoms with Crippen LogP contribution in [0.2, 0.25) is 0 Å². The number of hydrogen-bond acceptors (Lipinski definition) is 6. The van der Waals surface area contributed by atoms with Crippen LogP contribution in [0.1, 0.15) is 19.8 Å². The molecule has 2 aromatic heterocycles. The monoisotopic (exact) mass is 355 g/mol. The average Bonchev–Trinajstić information content (AvgIpc) is 3.09. The van der Waals surface area contributed by atoms with Crippen LogP contribution in [0.5, 0.6) is 11.6 Å². The molecule has 3 aromatic rings. The molecule has 0 aliphatic carbocycles. The minimum Gasteiger partial charge on any atom is -0.497 e. The minimum absolute atomic E-state index is 0.0279. The third-order valence-electron chi connectivity index (χ3n) is 3.74. The quantitative estimate of drug-likeness (QED) is 0.622. The number of carbonyl (C=O) groups excluding carboxylic acids is 1. The number of ether oxygens (including phenoxy) is 2. The molecule has 1 aromatic carbocycles. The van der Waals surface area contributed by atoms with Crippen LogP contribution in [-0.4, -0.2) is 46.0 Å². The number of aromatic nitrogens is 4. The number of nitrogens with zero attached hydrogens (tertiary/aromatic N) is 4. The summed E-state index contributed by atoms with van der Waals surface area (Å²) in [7, 11) is 1.62. The van der Waals surface area contributed by atoms with Gasteiger partial charge in [0.05, 0.1) is 13.7 Å². The van der Waals surface area contributed by atoms with Crippen molar-refractivity contribution in [1.82, 2.24) is 25.1 Å². The van der Waals surface area contributed by atoms with Crippen molar-refractivity contribution >= 4 is 11.6 Å². The van der Waals surface area contributed by atoms with Crippen LogP contribution >= 0.6 is 0 Å². The van der Waals surface area contributed by atoms with Gasteiger partial charge in [-0.15, -0.1) is 15.3 Å². The SMILES string of the molecule is CCCC(=O)NCCOc1ccc2nnc(-c3ccc(OC)cc3)n2n1. The molecular formula is C18H21N5O3. The molecule has 2 heterocycles. The number of nitrogens with one attached hydrogen (secondary N) is 1. The molecule has 0 radical (unpaired) electrons. The lowest BCUT2D eigenvalue weighted by Crippen LogP contribution is -2.27. The maximum atomic E-state index is 11.4. The molecular weight excluding hydrogens is 334 g/mol. The zero-order valence-electron chi connectivity index (χ0n) is 14.8. The van der Waals surface area contributed by atoms with Gasteiger partial charge >= 0.3 is 0 Å². The Morgan fingerprint density at radius 3 is 2.69 bits per heavy atom. The van der Waals surface area contributed by atoms with Crippen LogP contribution in [-0.2, 0) is 4.79 Å². The van der Waals surface area contributed by atoms with E-state index in [0.29, 0.717) is 36.9 Å². The van der Waals surface area contributed by atoms with Gasteiger partial charge < -0.3 is 14.8 Å². The Bertz CT molecular complexity index is 876. The van der Waals surface area contributed by atoms with Gasteiger partial charge in [0.1, 0.15) is 12.4 Å². The molecule has 0 unspecified atom stereocenters. The maximum Gasteiger partial charge on any atom is 0.231 e. The molecule has 1 amide bonds. The summed E-state index contributed by atoms with van der Waals surface area (Å²) < 4.78 is 12.4. The van der Waals surface area contributed by atoms with Crippen molar-refractivity contribution in [3.63, 3.8) is 0 Å². The molecule has 0 aliphatic rings. The highest BCUT2D eigenvalue weighted by atomic mass is 16.5. The normalized spacial score (nSPS) is 10.7. The number of methoxy groups -OCH3 is 1. The van der Waals surface area contributed by atoms with E-state index in [1.165, 1.54) is 0 Å². The number of rotatable bonds is 8. The first-order valence-electron chi connectivity index (χ1n) is 8.47. The lowest BCUT2D eigenvalue weighted by Gasteiger charge is -2.07. The van der Waals surface area contributed by atoms with Crippen molar-refractivity contribution in [2.75, 3.05) is 20.3 Å². The first kappa shape index (κ1) is 17.7. The fourth-order valence-electron chi connectivity index (χ4n) is 2.43. The van der Waals surface area contributed by atoms with Crippen molar-refractivity contribution in [1.29, 1.82) is 0 Å².